The van der Waals surface area contributed by atoms with Gasteiger partial charge in [-0.15, -0.1) is 0 Å². The van der Waals surface area contributed by atoms with Gasteiger partial charge in [-0.3, -0.25) is 4.79 Å². The molecule has 1 heterocycles. The Kier molecular flexibility index (Phi) is 4.77. The minimum Gasteiger partial charge on any atom is -0.462 e. The lowest BCUT2D eigenvalue weighted by atomic mass is 10.1. The Labute approximate surface area is 123 Å². The van der Waals surface area contributed by atoms with Gasteiger partial charge in [0.05, 0.1) is 18.7 Å². The monoisotopic (exact) mass is 286 g/mol. The molecule has 21 heavy (non-hydrogen) atoms. The molecule has 0 bridgehead atoms. The highest BCUT2D eigenvalue weighted by Crippen LogP contribution is 2.09. The van der Waals surface area contributed by atoms with E-state index in [1.807, 2.05) is 13.0 Å². The number of nitrogens with two attached hydrogens (primary N) is 1. The van der Waals surface area contributed by atoms with E-state index < -0.39 is 0 Å². The van der Waals surface area contributed by atoms with Crippen LogP contribution in [0.1, 0.15) is 29.3 Å². The molecule has 0 aliphatic carbocycles. The van der Waals surface area contributed by atoms with Crippen LogP contribution in [0.3, 0.4) is 0 Å². The molecule has 0 amide bonds. The van der Waals surface area contributed by atoms with Crippen LogP contribution >= 0.6 is 0 Å². The van der Waals surface area contributed by atoms with Crippen LogP contribution < -0.4 is 11.3 Å². The molecule has 0 fully saturated rings. The summed E-state index contributed by atoms with van der Waals surface area (Å²) in [5.74, 6) is -0.348. The Morgan fingerprint density at radius 1 is 1.29 bits per heavy atom. The molecule has 2 aromatic rings. The van der Waals surface area contributed by atoms with E-state index in [2.05, 4.69) is 0 Å². The van der Waals surface area contributed by atoms with Gasteiger partial charge in [-0.05, 0) is 30.2 Å². The summed E-state index contributed by atoms with van der Waals surface area (Å²) in [7, 11) is 0. The number of anilines is 1. The van der Waals surface area contributed by atoms with Crippen LogP contribution in [0, 0.1) is 0 Å². The first-order valence-electron chi connectivity index (χ1n) is 6.82. The fourth-order valence-electron chi connectivity index (χ4n) is 1.94. The van der Waals surface area contributed by atoms with Crippen molar-refractivity contribution in [2.24, 2.45) is 0 Å². The summed E-state index contributed by atoms with van der Waals surface area (Å²) in [5, 5.41) is 0. The number of nitrogens with zero attached hydrogens (tertiary/aromatic N) is 1. The highest BCUT2D eigenvalue weighted by Gasteiger charge is 2.08. The zero-order chi connectivity index (χ0) is 15.2. The second-order valence-electron chi connectivity index (χ2n) is 4.76. The first-order chi connectivity index (χ1) is 10.1. The molecule has 0 aliphatic rings. The molecule has 1 aromatic carbocycles. The van der Waals surface area contributed by atoms with Gasteiger partial charge in [0.15, 0.2) is 0 Å². The smallest absolute Gasteiger partial charge is 0.338 e. The van der Waals surface area contributed by atoms with Crippen molar-refractivity contribution in [1.82, 2.24) is 4.57 Å². The molecule has 2 N–H and O–H groups in total. The fourth-order valence-corrected chi connectivity index (χ4v) is 1.94. The minimum absolute atomic E-state index is 0.136. The zero-order valence-electron chi connectivity index (χ0n) is 11.9. The van der Waals surface area contributed by atoms with E-state index in [-0.39, 0.29) is 11.5 Å². The lowest BCUT2D eigenvalue weighted by Gasteiger charge is -2.08. The molecule has 0 spiro atoms. The number of pyridine rings is 1. The largest absolute Gasteiger partial charge is 0.462 e. The maximum absolute atomic E-state index is 11.8. The van der Waals surface area contributed by atoms with Gasteiger partial charge in [-0.25, -0.2) is 4.79 Å². The molecule has 5 heteroatoms. The van der Waals surface area contributed by atoms with Crippen LogP contribution in [0.4, 0.5) is 5.69 Å². The number of carbonyl (C=O) groups is 1. The summed E-state index contributed by atoms with van der Waals surface area (Å²) < 4.78 is 6.60. The number of rotatable bonds is 5. The first kappa shape index (κ1) is 14.8. The predicted molar refractivity (Wildman–Crippen MR) is 81.2 cm³/mol. The molecule has 1 aromatic heterocycles. The predicted octanol–water partition coefficient (Wildman–Crippen LogP) is 2.05. The number of aromatic nitrogens is 1. The number of ether oxygens (including phenoxy) is 1. The van der Waals surface area contributed by atoms with Gasteiger partial charge in [0.25, 0.3) is 5.56 Å². The second-order valence-corrected chi connectivity index (χ2v) is 4.76. The van der Waals surface area contributed by atoms with Gasteiger partial charge in [-0.1, -0.05) is 19.1 Å². The number of nitrogen functional groups attached to an aromatic ring is 1. The Bertz CT molecular complexity index is 692. The van der Waals surface area contributed by atoms with E-state index in [0.717, 1.165) is 12.0 Å². The summed E-state index contributed by atoms with van der Waals surface area (Å²) in [6.07, 6.45) is 2.37. The molecular formula is C16H18N2O3. The standard InChI is InChI=1S/C16H18N2O3/c1-2-8-21-16(20)13-5-3-4-12(9-13)10-18-11-14(17)6-7-15(18)19/h3-7,9,11H,2,8,10,17H2,1H3. The molecule has 0 radical (unpaired) electrons. The maximum atomic E-state index is 11.8. The lowest BCUT2D eigenvalue weighted by Crippen LogP contribution is -2.19. The third-order valence-electron chi connectivity index (χ3n) is 2.96. The van der Waals surface area contributed by atoms with Crippen LogP contribution in [0.25, 0.3) is 0 Å². The van der Waals surface area contributed by atoms with Crippen LogP contribution in [-0.4, -0.2) is 17.1 Å². The van der Waals surface area contributed by atoms with Crippen LogP contribution in [-0.2, 0) is 11.3 Å². The zero-order valence-corrected chi connectivity index (χ0v) is 11.9. The number of benzene rings is 1. The molecule has 110 valence electrons. The summed E-state index contributed by atoms with van der Waals surface area (Å²) in [6.45, 7) is 2.70. The van der Waals surface area contributed by atoms with E-state index in [1.165, 1.54) is 10.6 Å². The van der Waals surface area contributed by atoms with Gasteiger partial charge >= 0.3 is 5.97 Å². The van der Waals surface area contributed by atoms with Crippen molar-refractivity contribution < 1.29 is 9.53 Å². The summed E-state index contributed by atoms with van der Waals surface area (Å²) >= 11 is 0. The van der Waals surface area contributed by atoms with Crippen molar-refractivity contribution in [1.29, 1.82) is 0 Å². The van der Waals surface area contributed by atoms with Gasteiger partial charge in [0.2, 0.25) is 0 Å². The van der Waals surface area contributed by atoms with Crippen molar-refractivity contribution in [2.75, 3.05) is 12.3 Å². The number of hydrogen-bond acceptors (Lipinski definition) is 4. The van der Waals surface area contributed by atoms with Crippen molar-refractivity contribution >= 4 is 11.7 Å². The molecular weight excluding hydrogens is 268 g/mol. The fraction of sp³-hybridized carbons (Fsp3) is 0.250. The Morgan fingerprint density at radius 2 is 2.10 bits per heavy atom. The van der Waals surface area contributed by atoms with Crippen LogP contribution in [0.15, 0.2) is 47.4 Å². The van der Waals surface area contributed by atoms with Crippen molar-refractivity contribution in [3.05, 3.63) is 64.1 Å². The average Bonchev–Trinajstić information content (AvgIpc) is 2.49. The topological polar surface area (TPSA) is 74.3 Å². The van der Waals surface area contributed by atoms with E-state index in [1.54, 1.807) is 30.5 Å². The van der Waals surface area contributed by atoms with Crippen LogP contribution in [0.2, 0.25) is 0 Å². The maximum Gasteiger partial charge on any atom is 0.338 e. The highest BCUT2D eigenvalue weighted by atomic mass is 16.5. The van der Waals surface area contributed by atoms with E-state index >= 15 is 0 Å². The quantitative estimate of drug-likeness (QED) is 0.854. The molecule has 2 rings (SSSR count). The Hall–Kier alpha value is -2.56. The van der Waals surface area contributed by atoms with E-state index in [0.29, 0.717) is 24.4 Å². The summed E-state index contributed by atoms with van der Waals surface area (Å²) in [5.41, 5.74) is 7.39. The second kappa shape index (κ2) is 6.74. The van der Waals surface area contributed by atoms with E-state index in [9.17, 15) is 9.59 Å². The number of carbonyl (C=O) groups excluding carboxylic acids is 1. The van der Waals surface area contributed by atoms with Crippen LogP contribution in [0.5, 0.6) is 0 Å². The van der Waals surface area contributed by atoms with Gasteiger partial charge in [0.1, 0.15) is 0 Å². The minimum atomic E-state index is -0.348. The normalized spacial score (nSPS) is 10.3. The Morgan fingerprint density at radius 3 is 2.86 bits per heavy atom. The van der Waals surface area contributed by atoms with E-state index in [4.69, 9.17) is 10.5 Å². The van der Waals surface area contributed by atoms with Gasteiger partial charge in [-0.2, -0.15) is 0 Å². The molecule has 0 unspecified atom stereocenters. The van der Waals surface area contributed by atoms with Crippen molar-refractivity contribution in [3.8, 4) is 0 Å². The summed E-state index contributed by atoms with van der Waals surface area (Å²) in [4.78, 5) is 23.6. The van der Waals surface area contributed by atoms with Crippen molar-refractivity contribution in [2.45, 2.75) is 19.9 Å². The third-order valence-corrected chi connectivity index (χ3v) is 2.96. The average molecular weight is 286 g/mol. The van der Waals surface area contributed by atoms with Gasteiger partial charge in [0, 0.05) is 18.0 Å². The molecule has 0 atom stereocenters. The summed E-state index contributed by atoms with van der Waals surface area (Å²) in [6, 6.07) is 10.0. The highest BCUT2D eigenvalue weighted by molar-refractivity contribution is 5.89. The number of esters is 1. The van der Waals surface area contributed by atoms with Gasteiger partial charge < -0.3 is 15.0 Å². The molecule has 0 saturated carbocycles. The Balaban J connectivity index is 2.19. The first-order valence-corrected chi connectivity index (χ1v) is 6.82. The lowest BCUT2D eigenvalue weighted by molar-refractivity contribution is 0.0505. The molecule has 5 nitrogen and oxygen atoms in total. The number of hydrogen-bond donors (Lipinski definition) is 1. The third kappa shape index (κ3) is 3.95. The molecule has 0 aliphatic heterocycles. The SMILES string of the molecule is CCCOC(=O)c1cccc(Cn2cc(N)ccc2=O)c1. The molecule has 0 saturated heterocycles. The van der Waals surface area contributed by atoms with Crippen molar-refractivity contribution in [3.63, 3.8) is 0 Å².